The fourth-order valence-corrected chi connectivity index (χ4v) is 2.95. The monoisotopic (exact) mass is 427 g/mol. The van der Waals surface area contributed by atoms with Crippen molar-refractivity contribution in [2.45, 2.75) is 13.8 Å². The minimum Gasteiger partial charge on any atom is -0.342 e. The molecule has 0 radical (unpaired) electrons. The zero-order valence-electron chi connectivity index (χ0n) is 14.9. The quantitative estimate of drug-likeness (QED) is 0.654. The first-order valence-corrected chi connectivity index (χ1v) is 9.07. The van der Waals surface area contributed by atoms with E-state index in [1.54, 1.807) is 13.0 Å². The van der Waals surface area contributed by atoms with Gasteiger partial charge in [-0.2, -0.15) is 9.90 Å². The molecule has 8 heteroatoms. The third kappa shape index (κ3) is 4.59. The van der Waals surface area contributed by atoms with Crippen LogP contribution in [0, 0.1) is 13.8 Å². The number of amides is 2. The summed E-state index contributed by atoms with van der Waals surface area (Å²) in [6.45, 7) is 3.43. The Hall–Kier alpha value is -3.00. The third-order valence-electron chi connectivity index (χ3n) is 3.86. The Morgan fingerprint density at radius 2 is 1.81 bits per heavy atom. The Balaban J connectivity index is 1.62. The van der Waals surface area contributed by atoms with Crippen molar-refractivity contribution >= 4 is 33.4 Å². The SMILES string of the molecule is Cc1cc(Br)ccc1NC(=O)CNC(=O)c1nn(-c2ccccc2)nc1C. The molecular weight excluding hydrogens is 410 g/mol. The predicted molar refractivity (Wildman–Crippen MR) is 106 cm³/mol. The fourth-order valence-electron chi connectivity index (χ4n) is 2.47. The third-order valence-corrected chi connectivity index (χ3v) is 4.35. The van der Waals surface area contributed by atoms with Gasteiger partial charge in [-0.15, -0.1) is 5.10 Å². The summed E-state index contributed by atoms with van der Waals surface area (Å²) in [5.74, 6) is -0.765. The lowest BCUT2D eigenvalue weighted by atomic mass is 10.2. The molecule has 0 unspecified atom stereocenters. The summed E-state index contributed by atoms with van der Waals surface area (Å²) in [6, 6.07) is 14.8. The van der Waals surface area contributed by atoms with Gasteiger partial charge in [0.25, 0.3) is 5.91 Å². The van der Waals surface area contributed by atoms with Crippen molar-refractivity contribution in [2.75, 3.05) is 11.9 Å². The second kappa shape index (κ2) is 8.13. The molecule has 7 nitrogen and oxygen atoms in total. The van der Waals surface area contributed by atoms with Gasteiger partial charge in [0.2, 0.25) is 5.91 Å². The highest BCUT2D eigenvalue weighted by molar-refractivity contribution is 9.10. The summed E-state index contributed by atoms with van der Waals surface area (Å²) >= 11 is 3.38. The van der Waals surface area contributed by atoms with Crippen LogP contribution < -0.4 is 10.6 Å². The van der Waals surface area contributed by atoms with Crippen LogP contribution in [0.2, 0.25) is 0 Å². The summed E-state index contributed by atoms with van der Waals surface area (Å²) in [5.41, 5.74) is 3.05. The Kier molecular flexibility index (Phi) is 5.66. The number of carbonyl (C=O) groups excluding carboxylic acids is 2. The van der Waals surface area contributed by atoms with E-state index < -0.39 is 5.91 Å². The highest BCUT2D eigenvalue weighted by atomic mass is 79.9. The molecule has 1 aromatic heterocycles. The van der Waals surface area contributed by atoms with Gasteiger partial charge in [0.05, 0.1) is 17.9 Å². The van der Waals surface area contributed by atoms with Gasteiger partial charge in [0.15, 0.2) is 5.69 Å². The molecule has 0 aliphatic heterocycles. The summed E-state index contributed by atoms with van der Waals surface area (Å²) < 4.78 is 0.934. The molecule has 0 spiro atoms. The molecule has 0 aliphatic rings. The maximum atomic E-state index is 12.4. The molecule has 2 N–H and O–H groups in total. The molecule has 2 amide bonds. The standard InChI is InChI=1S/C19H18BrN5O2/c1-12-10-14(20)8-9-16(12)22-17(26)11-21-19(27)18-13(2)23-25(24-18)15-6-4-3-5-7-15/h3-10H,11H2,1-2H3,(H,21,27)(H,22,26). The van der Waals surface area contributed by atoms with Gasteiger partial charge >= 0.3 is 0 Å². The van der Waals surface area contributed by atoms with Crippen molar-refractivity contribution in [1.82, 2.24) is 20.3 Å². The van der Waals surface area contributed by atoms with Gasteiger partial charge in [-0.25, -0.2) is 0 Å². The number of anilines is 1. The number of benzene rings is 2. The Morgan fingerprint density at radius 1 is 1.07 bits per heavy atom. The zero-order valence-corrected chi connectivity index (χ0v) is 16.4. The van der Waals surface area contributed by atoms with Crippen LogP contribution in [-0.2, 0) is 4.79 Å². The van der Waals surface area contributed by atoms with Crippen LogP contribution in [0.3, 0.4) is 0 Å². The van der Waals surface area contributed by atoms with Crippen LogP contribution in [-0.4, -0.2) is 33.4 Å². The highest BCUT2D eigenvalue weighted by Crippen LogP contribution is 2.19. The van der Waals surface area contributed by atoms with E-state index in [1.165, 1.54) is 4.80 Å². The average molecular weight is 428 g/mol. The Labute approximate surface area is 164 Å². The number of carbonyl (C=O) groups is 2. The first-order valence-electron chi connectivity index (χ1n) is 8.27. The molecule has 138 valence electrons. The van der Waals surface area contributed by atoms with Crippen LogP contribution in [0.25, 0.3) is 5.69 Å². The van der Waals surface area contributed by atoms with Crippen LogP contribution in [0.1, 0.15) is 21.7 Å². The number of nitrogens with one attached hydrogen (secondary N) is 2. The van der Waals surface area contributed by atoms with Crippen LogP contribution in [0.15, 0.2) is 53.0 Å². The van der Waals surface area contributed by atoms with E-state index in [1.807, 2.05) is 49.4 Å². The van der Waals surface area contributed by atoms with Crippen molar-refractivity contribution in [1.29, 1.82) is 0 Å². The van der Waals surface area contributed by atoms with Crippen molar-refractivity contribution in [2.24, 2.45) is 0 Å². The maximum Gasteiger partial charge on any atom is 0.274 e. The second-order valence-electron chi connectivity index (χ2n) is 5.95. The molecule has 3 aromatic rings. The molecule has 27 heavy (non-hydrogen) atoms. The molecule has 2 aromatic carbocycles. The van der Waals surface area contributed by atoms with Gasteiger partial charge in [-0.05, 0) is 49.7 Å². The van der Waals surface area contributed by atoms with Gasteiger partial charge in [0, 0.05) is 10.2 Å². The summed E-state index contributed by atoms with van der Waals surface area (Å²) in [7, 11) is 0. The number of halogens is 1. The normalized spacial score (nSPS) is 10.5. The number of para-hydroxylation sites is 1. The van der Waals surface area contributed by atoms with E-state index in [9.17, 15) is 9.59 Å². The number of aryl methyl sites for hydroxylation is 2. The molecule has 0 aliphatic carbocycles. The summed E-state index contributed by atoms with van der Waals surface area (Å²) in [6.07, 6.45) is 0. The van der Waals surface area contributed by atoms with Gasteiger partial charge in [-0.3, -0.25) is 9.59 Å². The van der Waals surface area contributed by atoms with Gasteiger partial charge in [0.1, 0.15) is 0 Å². The minimum absolute atomic E-state index is 0.161. The molecule has 0 fully saturated rings. The highest BCUT2D eigenvalue weighted by Gasteiger charge is 2.17. The van der Waals surface area contributed by atoms with Gasteiger partial charge < -0.3 is 10.6 Å². The van der Waals surface area contributed by atoms with Gasteiger partial charge in [-0.1, -0.05) is 34.1 Å². The lowest BCUT2D eigenvalue weighted by Crippen LogP contribution is -2.33. The first kappa shape index (κ1) is 18.8. The summed E-state index contributed by atoms with van der Waals surface area (Å²) in [5, 5.41) is 13.8. The van der Waals surface area contributed by atoms with E-state index in [0.29, 0.717) is 11.4 Å². The lowest BCUT2D eigenvalue weighted by molar-refractivity contribution is -0.115. The van der Waals surface area contributed by atoms with Crippen LogP contribution in [0.5, 0.6) is 0 Å². The molecule has 0 atom stereocenters. The predicted octanol–water partition coefficient (Wildman–Crippen LogP) is 3.02. The maximum absolute atomic E-state index is 12.4. The van der Waals surface area contributed by atoms with Crippen molar-refractivity contribution in [3.8, 4) is 5.69 Å². The molecule has 1 heterocycles. The number of aromatic nitrogens is 3. The van der Waals surface area contributed by atoms with Crippen molar-refractivity contribution in [3.05, 3.63) is 70.0 Å². The van der Waals surface area contributed by atoms with Crippen LogP contribution in [0.4, 0.5) is 5.69 Å². The Morgan fingerprint density at radius 3 is 2.52 bits per heavy atom. The topological polar surface area (TPSA) is 88.9 Å². The van der Waals surface area contributed by atoms with E-state index >= 15 is 0 Å². The molecule has 0 saturated carbocycles. The molecule has 0 bridgehead atoms. The fraction of sp³-hybridized carbons (Fsp3) is 0.158. The molecule has 0 saturated heterocycles. The van der Waals surface area contributed by atoms with E-state index in [-0.39, 0.29) is 18.1 Å². The minimum atomic E-state index is -0.447. The van der Waals surface area contributed by atoms with E-state index in [2.05, 4.69) is 36.8 Å². The number of rotatable bonds is 5. The van der Waals surface area contributed by atoms with Crippen LogP contribution >= 0.6 is 15.9 Å². The lowest BCUT2D eigenvalue weighted by Gasteiger charge is -2.09. The van der Waals surface area contributed by atoms with E-state index in [4.69, 9.17) is 0 Å². The zero-order chi connectivity index (χ0) is 19.4. The molecular formula is C19H18BrN5O2. The average Bonchev–Trinajstić information content (AvgIpc) is 3.05. The smallest absolute Gasteiger partial charge is 0.274 e. The summed E-state index contributed by atoms with van der Waals surface area (Å²) in [4.78, 5) is 25.9. The van der Waals surface area contributed by atoms with Crippen molar-refractivity contribution in [3.63, 3.8) is 0 Å². The van der Waals surface area contributed by atoms with E-state index in [0.717, 1.165) is 15.7 Å². The Bertz CT molecular complexity index is 985. The number of nitrogens with zero attached hydrogens (tertiary/aromatic N) is 3. The van der Waals surface area contributed by atoms with Crippen molar-refractivity contribution < 1.29 is 9.59 Å². The number of hydrogen-bond acceptors (Lipinski definition) is 4. The molecule has 3 rings (SSSR count). The first-order chi connectivity index (χ1) is 12.9. The largest absolute Gasteiger partial charge is 0.342 e. The second-order valence-corrected chi connectivity index (χ2v) is 6.86. The number of hydrogen-bond donors (Lipinski definition) is 2.